The number of aliphatic hydroxyl groups is 1. The molecule has 88 valence electrons. The van der Waals surface area contributed by atoms with Gasteiger partial charge in [-0.25, -0.2) is 0 Å². The van der Waals surface area contributed by atoms with Crippen molar-refractivity contribution in [2.24, 2.45) is 5.73 Å². The number of rotatable bonds is 6. The maximum absolute atomic E-state index is 10.7. The molecule has 0 unspecified atom stereocenters. The van der Waals surface area contributed by atoms with Crippen LogP contribution in [0, 0.1) is 10.1 Å². The number of ether oxygens (including phenoxy) is 1. The van der Waals surface area contributed by atoms with Crippen molar-refractivity contribution in [1.29, 1.82) is 0 Å². The van der Waals surface area contributed by atoms with E-state index in [1.807, 2.05) is 0 Å². The average molecular weight is 226 g/mol. The van der Waals surface area contributed by atoms with Crippen LogP contribution in [0.3, 0.4) is 0 Å². The fraction of sp³-hybridized carbons (Fsp3) is 0.400. The highest BCUT2D eigenvalue weighted by molar-refractivity contribution is 5.48. The maximum atomic E-state index is 10.7. The van der Waals surface area contributed by atoms with E-state index in [1.54, 1.807) is 12.1 Å². The molecule has 0 aliphatic rings. The zero-order valence-electron chi connectivity index (χ0n) is 8.76. The Morgan fingerprint density at radius 3 is 2.81 bits per heavy atom. The second kappa shape index (κ2) is 6.04. The van der Waals surface area contributed by atoms with Crippen LogP contribution >= 0.6 is 0 Å². The summed E-state index contributed by atoms with van der Waals surface area (Å²) in [6.45, 7) is 0.532. The van der Waals surface area contributed by atoms with Crippen molar-refractivity contribution < 1.29 is 14.8 Å². The Morgan fingerprint density at radius 2 is 2.25 bits per heavy atom. The molecule has 3 N–H and O–H groups in total. The summed E-state index contributed by atoms with van der Waals surface area (Å²) < 4.78 is 5.22. The molecule has 0 spiro atoms. The first kappa shape index (κ1) is 12.4. The molecular weight excluding hydrogens is 212 g/mol. The number of hydrogen-bond acceptors (Lipinski definition) is 5. The molecule has 0 saturated carbocycles. The molecule has 0 heterocycles. The number of nitro benzene ring substituents is 1. The van der Waals surface area contributed by atoms with Crippen LogP contribution in [0.2, 0.25) is 0 Å². The van der Waals surface area contributed by atoms with Gasteiger partial charge in [-0.1, -0.05) is 6.07 Å². The third-order valence-corrected chi connectivity index (χ3v) is 2.02. The Morgan fingerprint density at radius 1 is 1.50 bits per heavy atom. The first-order valence-electron chi connectivity index (χ1n) is 4.90. The number of benzene rings is 1. The standard InChI is InChI=1S/C10H14N2O4/c11-7-8-2-3-9(12(14)15)10(6-8)16-5-1-4-13/h2-3,6,13H,1,4-5,7,11H2. The molecule has 16 heavy (non-hydrogen) atoms. The molecule has 1 aromatic rings. The van der Waals surface area contributed by atoms with Crippen LogP contribution in [0.1, 0.15) is 12.0 Å². The normalized spacial score (nSPS) is 10.1. The quantitative estimate of drug-likeness (QED) is 0.425. The Kier molecular flexibility index (Phi) is 4.68. The highest BCUT2D eigenvalue weighted by Crippen LogP contribution is 2.27. The van der Waals surface area contributed by atoms with Crippen LogP contribution in [0.5, 0.6) is 5.75 Å². The molecule has 0 bridgehead atoms. The molecule has 0 atom stereocenters. The first-order valence-corrected chi connectivity index (χ1v) is 4.90. The number of nitrogens with zero attached hydrogens (tertiary/aromatic N) is 1. The minimum absolute atomic E-state index is 0.00955. The molecule has 0 aliphatic heterocycles. The maximum Gasteiger partial charge on any atom is 0.310 e. The van der Waals surface area contributed by atoms with E-state index in [0.29, 0.717) is 13.0 Å². The van der Waals surface area contributed by atoms with E-state index in [0.717, 1.165) is 5.56 Å². The van der Waals surface area contributed by atoms with E-state index in [9.17, 15) is 10.1 Å². The highest BCUT2D eigenvalue weighted by Gasteiger charge is 2.14. The van der Waals surface area contributed by atoms with Gasteiger partial charge in [0.2, 0.25) is 0 Å². The molecule has 6 nitrogen and oxygen atoms in total. The molecule has 1 aromatic carbocycles. The van der Waals surface area contributed by atoms with Gasteiger partial charge in [0.05, 0.1) is 11.5 Å². The highest BCUT2D eigenvalue weighted by atomic mass is 16.6. The Labute approximate surface area is 92.8 Å². The number of nitro groups is 1. The second-order valence-electron chi connectivity index (χ2n) is 3.19. The van der Waals surface area contributed by atoms with E-state index in [2.05, 4.69) is 0 Å². The van der Waals surface area contributed by atoms with Crippen LogP contribution in [-0.2, 0) is 6.54 Å². The Hall–Kier alpha value is -1.66. The van der Waals surface area contributed by atoms with Gasteiger partial charge in [-0.05, 0) is 11.6 Å². The van der Waals surface area contributed by atoms with Crippen molar-refractivity contribution in [1.82, 2.24) is 0 Å². The number of aliphatic hydroxyl groups excluding tert-OH is 1. The van der Waals surface area contributed by atoms with Crippen molar-refractivity contribution in [3.8, 4) is 5.75 Å². The monoisotopic (exact) mass is 226 g/mol. The van der Waals surface area contributed by atoms with E-state index in [1.165, 1.54) is 6.07 Å². The van der Waals surface area contributed by atoms with Crippen LogP contribution < -0.4 is 10.5 Å². The second-order valence-corrected chi connectivity index (χ2v) is 3.19. The molecule has 1 rings (SSSR count). The lowest BCUT2D eigenvalue weighted by atomic mass is 10.2. The minimum Gasteiger partial charge on any atom is -0.487 e. The summed E-state index contributed by atoms with van der Waals surface area (Å²) in [4.78, 5) is 10.2. The largest absolute Gasteiger partial charge is 0.487 e. The lowest BCUT2D eigenvalue weighted by Crippen LogP contribution is -2.04. The average Bonchev–Trinajstić information content (AvgIpc) is 2.29. The van der Waals surface area contributed by atoms with E-state index in [-0.39, 0.29) is 24.7 Å². The third kappa shape index (κ3) is 3.18. The first-order chi connectivity index (χ1) is 7.69. The molecule has 0 radical (unpaired) electrons. The van der Waals surface area contributed by atoms with Crippen LogP contribution in [-0.4, -0.2) is 23.2 Å². The lowest BCUT2D eigenvalue weighted by molar-refractivity contribution is -0.385. The van der Waals surface area contributed by atoms with Crippen molar-refractivity contribution >= 4 is 5.69 Å². The van der Waals surface area contributed by atoms with Gasteiger partial charge in [-0.2, -0.15) is 0 Å². The summed E-state index contributed by atoms with van der Waals surface area (Å²) in [6.07, 6.45) is 0.435. The summed E-state index contributed by atoms with van der Waals surface area (Å²) in [5, 5.41) is 19.3. The van der Waals surface area contributed by atoms with Crippen LogP contribution in [0.25, 0.3) is 0 Å². The van der Waals surface area contributed by atoms with Gasteiger partial charge < -0.3 is 15.6 Å². The summed E-state index contributed by atoms with van der Waals surface area (Å²) >= 11 is 0. The predicted octanol–water partition coefficient (Wildman–Crippen LogP) is 0.815. The Bertz CT molecular complexity index is 368. The van der Waals surface area contributed by atoms with Gasteiger partial charge in [0, 0.05) is 25.6 Å². The van der Waals surface area contributed by atoms with Crippen molar-refractivity contribution in [3.63, 3.8) is 0 Å². The Balaban J connectivity index is 2.87. The van der Waals surface area contributed by atoms with Gasteiger partial charge in [0.1, 0.15) is 0 Å². The fourth-order valence-corrected chi connectivity index (χ4v) is 1.20. The third-order valence-electron chi connectivity index (χ3n) is 2.02. The smallest absolute Gasteiger partial charge is 0.310 e. The molecule has 0 aromatic heterocycles. The van der Waals surface area contributed by atoms with Gasteiger partial charge in [-0.3, -0.25) is 10.1 Å². The minimum atomic E-state index is -0.505. The van der Waals surface area contributed by atoms with Crippen LogP contribution in [0.4, 0.5) is 5.69 Å². The van der Waals surface area contributed by atoms with E-state index >= 15 is 0 Å². The summed E-state index contributed by atoms with van der Waals surface area (Å²) in [5.41, 5.74) is 6.11. The van der Waals surface area contributed by atoms with Crippen molar-refractivity contribution in [3.05, 3.63) is 33.9 Å². The van der Waals surface area contributed by atoms with E-state index < -0.39 is 4.92 Å². The van der Waals surface area contributed by atoms with Gasteiger partial charge in [0.15, 0.2) is 5.75 Å². The van der Waals surface area contributed by atoms with E-state index in [4.69, 9.17) is 15.6 Å². The molecule has 0 amide bonds. The number of hydrogen-bond donors (Lipinski definition) is 2. The topological polar surface area (TPSA) is 98.6 Å². The fourth-order valence-electron chi connectivity index (χ4n) is 1.20. The SMILES string of the molecule is NCc1ccc([N+](=O)[O-])c(OCCCO)c1. The number of nitrogens with two attached hydrogens (primary N) is 1. The summed E-state index contributed by atoms with van der Waals surface area (Å²) in [7, 11) is 0. The molecule has 0 saturated heterocycles. The van der Waals surface area contributed by atoms with Gasteiger partial charge in [0.25, 0.3) is 0 Å². The molecule has 6 heteroatoms. The van der Waals surface area contributed by atoms with Gasteiger partial charge >= 0.3 is 5.69 Å². The van der Waals surface area contributed by atoms with Crippen LogP contribution in [0.15, 0.2) is 18.2 Å². The summed E-state index contributed by atoms with van der Waals surface area (Å²) in [5.74, 6) is 0.196. The lowest BCUT2D eigenvalue weighted by Gasteiger charge is -2.07. The summed E-state index contributed by atoms with van der Waals surface area (Å²) in [6, 6.07) is 4.52. The van der Waals surface area contributed by atoms with Crippen molar-refractivity contribution in [2.75, 3.05) is 13.2 Å². The zero-order valence-corrected chi connectivity index (χ0v) is 8.76. The van der Waals surface area contributed by atoms with Crippen molar-refractivity contribution in [2.45, 2.75) is 13.0 Å². The molecular formula is C10H14N2O4. The molecule has 0 aliphatic carbocycles. The molecule has 0 fully saturated rings. The predicted molar refractivity (Wildman–Crippen MR) is 58.2 cm³/mol. The van der Waals surface area contributed by atoms with Gasteiger partial charge in [-0.15, -0.1) is 0 Å². The zero-order chi connectivity index (χ0) is 12.0.